The fourth-order valence-corrected chi connectivity index (χ4v) is 3.77. The second-order valence-electron chi connectivity index (χ2n) is 5.62. The molecule has 3 aromatic carbocycles. The van der Waals surface area contributed by atoms with Crippen molar-refractivity contribution in [2.45, 2.75) is 6.92 Å². The first-order valence-corrected chi connectivity index (χ1v) is 8.53. The molecule has 4 rings (SSSR count). The van der Waals surface area contributed by atoms with Crippen LogP contribution in [-0.4, -0.2) is 0 Å². The fourth-order valence-electron chi connectivity index (χ4n) is 2.97. The molecule has 0 unspecified atom stereocenters. The third-order valence-corrected chi connectivity index (χ3v) is 5.19. The lowest BCUT2D eigenvalue weighted by molar-refractivity contribution is 0.666. The van der Waals surface area contributed by atoms with Crippen LogP contribution in [0.25, 0.3) is 21.9 Å². The number of anilines is 2. The molecule has 0 atom stereocenters. The van der Waals surface area contributed by atoms with E-state index in [1.807, 2.05) is 45.6 Å². The van der Waals surface area contributed by atoms with Crippen LogP contribution < -0.4 is 3.11 Å². The summed E-state index contributed by atoms with van der Waals surface area (Å²) in [4.78, 5) is 0. The van der Waals surface area contributed by atoms with E-state index in [1.54, 1.807) is 0 Å². The Kier molecular flexibility index (Phi) is 3.66. The highest BCUT2D eigenvalue weighted by Gasteiger charge is 2.17. The van der Waals surface area contributed by atoms with Crippen molar-refractivity contribution in [1.82, 2.24) is 0 Å². The number of aryl methyl sites for hydroxylation is 1. The maximum atomic E-state index is 9.37. The Balaban J connectivity index is 1.99. The summed E-state index contributed by atoms with van der Waals surface area (Å²) in [6, 6.07) is 22.1. The molecule has 0 aliphatic carbocycles. The van der Waals surface area contributed by atoms with Crippen LogP contribution in [0.1, 0.15) is 11.1 Å². The lowest BCUT2D eigenvalue weighted by Crippen LogP contribution is -2.03. The van der Waals surface area contributed by atoms with E-state index in [4.69, 9.17) is 4.42 Å². The Hall–Kier alpha value is -2.52. The number of furan rings is 1. The molecule has 0 radical (unpaired) electrons. The Morgan fingerprint density at radius 2 is 1.54 bits per heavy atom. The average Bonchev–Trinajstić information content (AvgIpc) is 3.01. The van der Waals surface area contributed by atoms with E-state index in [9.17, 15) is 5.26 Å². The van der Waals surface area contributed by atoms with Gasteiger partial charge in [-0.1, -0.05) is 42.5 Å². The SMILES string of the molecule is Cc1cccc2c1oc1c(N(I)c3ccccc3C#N)cccc12. The second-order valence-corrected chi connectivity index (χ2v) is 6.58. The minimum atomic E-state index is 0.635. The van der Waals surface area contributed by atoms with Crippen LogP contribution in [0.3, 0.4) is 0 Å². The van der Waals surface area contributed by atoms with Gasteiger partial charge in [-0.25, -0.2) is 0 Å². The van der Waals surface area contributed by atoms with E-state index in [-0.39, 0.29) is 0 Å². The standard InChI is InChI=1S/C20H13IN2O/c1-13-6-4-8-15-16-9-5-11-18(20(16)24-19(13)15)23(21)17-10-3-2-7-14(17)12-22/h2-11H,1H3. The highest BCUT2D eigenvalue weighted by molar-refractivity contribution is 14.1. The van der Waals surface area contributed by atoms with Crippen molar-refractivity contribution in [3.63, 3.8) is 0 Å². The summed E-state index contributed by atoms with van der Waals surface area (Å²) < 4.78 is 8.18. The minimum Gasteiger partial charge on any atom is -0.454 e. The molecule has 1 aromatic heterocycles. The van der Waals surface area contributed by atoms with Gasteiger partial charge in [0.2, 0.25) is 0 Å². The topological polar surface area (TPSA) is 40.2 Å². The summed E-state index contributed by atoms with van der Waals surface area (Å²) in [6.45, 7) is 2.05. The average molecular weight is 424 g/mol. The molecule has 0 fully saturated rings. The van der Waals surface area contributed by atoms with Crippen molar-refractivity contribution in [2.24, 2.45) is 0 Å². The van der Waals surface area contributed by atoms with E-state index in [2.05, 4.69) is 54.1 Å². The van der Waals surface area contributed by atoms with Crippen molar-refractivity contribution in [3.05, 3.63) is 71.8 Å². The lowest BCUT2D eigenvalue weighted by atomic mass is 10.1. The predicted molar refractivity (Wildman–Crippen MR) is 106 cm³/mol. The molecule has 0 N–H and O–H groups in total. The molecular formula is C20H13IN2O. The summed E-state index contributed by atoms with van der Waals surface area (Å²) in [5.41, 5.74) is 5.29. The summed E-state index contributed by atoms with van der Waals surface area (Å²) in [7, 11) is 0. The van der Waals surface area contributed by atoms with Gasteiger partial charge < -0.3 is 4.42 Å². The third kappa shape index (κ3) is 2.24. The van der Waals surface area contributed by atoms with Crippen LogP contribution in [-0.2, 0) is 0 Å². The molecule has 0 saturated carbocycles. The summed E-state index contributed by atoms with van der Waals surface area (Å²) in [5, 5.41) is 11.6. The Morgan fingerprint density at radius 3 is 2.33 bits per heavy atom. The summed E-state index contributed by atoms with van der Waals surface area (Å²) in [5.74, 6) is 0. The lowest BCUT2D eigenvalue weighted by Gasteiger charge is -2.18. The van der Waals surface area contributed by atoms with Crippen LogP contribution >= 0.6 is 22.9 Å². The molecule has 0 aliphatic rings. The first-order chi connectivity index (χ1) is 11.7. The molecule has 3 nitrogen and oxygen atoms in total. The van der Waals surface area contributed by atoms with Gasteiger partial charge in [0.05, 0.1) is 39.8 Å². The smallest absolute Gasteiger partial charge is 0.159 e. The Morgan fingerprint density at radius 1 is 0.875 bits per heavy atom. The molecule has 24 heavy (non-hydrogen) atoms. The van der Waals surface area contributed by atoms with Crippen LogP contribution in [0.5, 0.6) is 0 Å². The van der Waals surface area contributed by atoms with Gasteiger partial charge in [-0.2, -0.15) is 5.26 Å². The molecule has 0 bridgehead atoms. The predicted octanol–water partition coefficient (Wildman–Crippen LogP) is 6.25. The zero-order chi connectivity index (χ0) is 16.7. The number of hydrogen-bond acceptors (Lipinski definition) is 3. The van der Waals surface area contributed by atoms with Crippen LogP contribution in [0.4, 0.5) is 11.4 Å². The maximum absolute atomic E-state index is 9.37. The number of halogens is 1. The van der Waals surface area contributed by atoms with Gasteiger partial charge in [0.1, 0.15) is 11.7 Å². The molecule has 0 spiro atoms. The van der Waals surface area contributed by atoms with Crippen LogP contribution in [0.15, 0.2) is 65.1 Å². The largest absolute Gasteiger partial charge is 0.454 e. The fraction of sp³-hybridized carbons (Fsp3) is 0.0500. The Labute approximate surface area is 153 Å². The van der Waals surface area contributed by atoms with E-state index in [0.717, 1.165) is 38.9 Å². The zero-order valence-corrected chi connectivity index (χ0v) is 15.1. The van der Waals surface area contributed by atoms with Gasteiger partial charge in [0.15, 0.2) is 5.58 Å². The maximum Gasteiger partial charge on any atom is 0.159 e. The van der Waals surface area contributed by atoms with Gasteiger partial charge in [-0.05, 0) is 30.7 Å². The second kappa shape index (κ2) is 5.84. The van der Waals surface area contributed by atoms with Crippen LogP contribution in [0.2, 0.25) is 0 Å². The summed E-state index contributed by atoms with van der Waals surface area (Å²) in [6.07, 6.45) is 0. The van der Waals surface area contributed by atoms with E-state index in [0.29, 0.717) is 5.56 Å². The molecule has 4 heteroatoms. The van der Waals surface area contributed by atoms with Gasteiger partial charge in [-0.15, -0.1) is 0 Å². The van der Waals surface area contributed by atoms with Gasteiger partial charge in [0.25, 0.3) is 0 Å². The van der Waals surface area contributed by atoms with E-state index < -0.39 is 0 Å². The third-order valence-electron chi connectivity index (χ3n) is 4.15. The molecule has 0 saturated heterocycles. The number of hydrogen-bond donors (Lipinski definition) is 0. The van der Waals surface area contributed by atoms with E-state index in [1.165, 1.54) is 0 Å². The summed E-state index contributed by atoms with van der Waals surface area (Å²) >= 11 is 2.23. The minimum absolute atomic E-state index is 0.635. The normalized spacial score (nSPS) is 10.9. The first kappa shape index (κ1) is 15.0. The van der Waals surface area contributed by atoms with Crippen LogP contribution in [0, 0.1) is 18.3 Å². The molecule has 0 aliphatic heterocycles. The highest BCUT2D eigenvalue weighted by atomic mass is 127. The first-order valence-electron chi connectivity index (χ1n) is 7.56. The quantitative estimate of drug-likeness (QED) is 0.282. The number of benzene rings is 3. The van der Waals surface area contributed by atoms with Crippen molar-refractivity contribution in [3.8, 4) is 6.07 Å². The van der Waals surface area contributed by atoms with E-state index >= 15 is 0 Å². The van der Waals surface area contributed by atoms with Crippen molar-refractivity contribution in [1.29, 1.82) is 5.26 Å². The van der Waals surface area contributed by atoms with Crippen molar-refractivity contribution >= 4 is 56.2 Å². The monoisotopic (exact) mass is 424 g/mol. The number of para-hydroxylation sites is 3. The Bertz CT molecular complexity index is 1110. The molecule has 116 valence electrons. The van der Waals surface area contributed by atoms with Crippen molar-refractivity contribution in [2.75, 3.05) is 3.11 Å². The number of rotatable bonds is 2. The molecule has 1 heterocycles. The highest BCUT2D eigenvalue weighted by Crippen LogP contribution is 2.41. The molecular weight excluding hydrogens is 411 g/mol. The molecule has 0 amide bonds. The molecule has 4 aromatic rings. The van der Waals surface area contributed by atoms with Gasteiger partial charge in [0, 0.05) is 10.8 Å². The number of nitriles is 1. The van der Waals surface area contributed by atoms with Gasteiger partial charge in [-0.3, -0.25) is 3.11 Å². The zero-order valence-electron chi connectivity index (χ0n) is 13.0. The number of nitrogens with zero attached hydrogens (tertiary/aromatic N) is 2. The number of fused-ring (bicyclic) bond motifs is 3. The van der Waals surface area contributed by atoms with Gasteiger partial charge >= 0.3 is 0 Å². The van der Waals surface area contributed by atoms with Crippen molar-refractivity contribution < 1.29 is 4.42 Å².